The molecule has 0 aliphatic rings. The number of nitrogens with one attached hydrogen (secondary N) is 2. The first kappa shape index (κ1) is 21.8. The molecule has 2 heterocycles. The fourth-order valence-electron chi connectivity index (χ4n) is 2.71. The first-order valence-corrected chi connectivity index (χ1v) is 8.79. The van der Waals surface area contributed by atoms with Gasteiger partial charge in [-0.3, -0.25) is 4.99 Å². The summed E-state index contributed by atoms with van der Waals surface area (Å²) in [4.78, 5) is 8.13. The summed E-state index contributed by atoms with van der Waals surface area (Å²) in [6.45, 7) is 3.93. The minimum Gasteiger partial charge on any atom is -0.355 e. The van der Waals surface area contributed by atoms with Crippen LogP contribution >= 0.6 is 24.0 Å². The standard InChI is InChI=1S/C18H23FN8.HI/c1-3-17-25-24-13-27(17)9-7-22-18(20-2)23-11-14-4-5-16(15(19)10-14)26-8-6-21-12-26;/h4-6,8,10,12-13H,3,7,9,11H2,1-2H3,(H2,20,22,23);1H. The summed E-state index contributed by atoms with van der Waals surface area (Å²) in [6.07, 6.45) is 7.46. The lowest BCUT2D eigenvalue weighted by molar-refractivity contribution is 0.614. The Morgan fingerprint density at radius 3 is 2.79 bits per heavy atom. The van der Waals surface area contributed by atoms with Gasteiger partial charge in [-0.15, -0.1) is 34.2 Å². The van der Waals surface area contributed by atoms with E-state index in [0.717, 1.165) is 24.4 Å². The SMILES string of the molecule is CCc1nncn1CCNC(=NC)NCc1ccc(-n2ccnc2)c(F)c1.I. The van der Waals surface area contributed by atoms with Crippen LogP contribution in [0, 0.1) is 5.82 Å². The van der Waals surface area contributed by atoms with Crippen molar-refractivity contribution in [2.75, 3.05) is 13.6 Å². The summed E-state index contributed by atoms with van der Waals surface area (Å²) in [7, 11) is 1.70. The summed E-state index contributed by atoms with van der Waals surface area (Å²) < 4.78 is 18.0. The van der Waals surface area contributed by atoms with Crippen LogP contribution in [-0.2, 0) is 19.5 Å². The van der Waals surface area contributed by atoms with Crippen molar-refractivity contribution < 1.29 is 4.39 Å². The first-order chi connectivity index (χ1) is 13.2. The van der Waals surface area contributed by atoms with Crippen LogP contribution in [0.1, 0.15) is 18.3 Å². The van der Waals surface area contributed by atoms with Gasteiger partial charge in [0.2, 0.25) is 0 Å². The van der Waals surface area contributed by atoms with Crippen LogP contribution < -0.4 is 10.6 Å². The van der Waals surface area contributed by atoms with Crippen LogP contribution in [0.15, 0.2) is 48.2 Å². The largest absolute Gasteiger partial charge is 0.355 e. The maximum absolute atomic E-state index is 14.3. The van der Waals surface area contributed by atoms with E-state index in [9.17, 15) is 4.39 Å². The highest BCUT2D eigenvalue weighted by Gasteiger charge is 2.06. The molecule has 150 valence electrons. The van der Waals surface area contributed by atoms with E-state index < -0.39 is 0 Å². The molecule has 10 heteroatoms. The Hall–Kier alpha value is -2.50. The molecule has 3 aromatic rings. The number of imidazole rings is 1. The average molecular weight is 498 g/mol. The van der Waals surface area contributed by atoms with Crippen LogP contribution in [0.4, 0.5) is 4.39 Å². The Labute approximate surface area is 180 Å². The number of aromatic nitrogens is 5. The predicted molar refractivity (Wildman–Crippen MR) is 117 cm³/mol. The molecule has 1 aromatic carbocycles. The molecule has 0 fully saturated rings. The van der Waals surface area contributed by atoms with Crippen molar-refractivity contribution in [1.29, 1.82) is 0 Å². The lowest BCUT2D eigenvalue weighted by atomic mass is 10.2. The zero-order chi connectivity index (χ0) is 19.1. The number of halogens is 2. The number of guanidine groups is 1. The van der Waals surface area contributed by atoms with Crippen molar-refractivity contribution in [1.82, 2.24) is 34.9 Å². The fraction of sp³-hybridized carbons (Fsp3) is 0.333. The number of benzene rings is 1. The van der Waals surface area contributed by atoms with Crippen LogP contribution in [0.2, 0.25) is 0 Å². The minimum absolute atomic E-state index is 0. The van der Waals surface area contributed by atoms with E-state index in [2.05, 4.69) is 30.8 Å². The number of rotatable bonds is 7. The van der Waals surface area contributed by atoms with Crippen LogP contribution in [0.5, 0.6) is 0 Å². The molecule has 0 saturated carbocycles. The second kappa shape index (κ2) is 10.7. The molecule has 3 rings (SSSR count). The molecule has 0 saturated heterocycles. The van der Waals surface area contributed by atoms with Crippen molar-refractivity contribution in [3.8, 4) is 5.69 Å². The lowest BCUT2D eigenvalue weighted by Crippen LogP contribution is -2.38. The Morgan fingerprint density at radius 2 is 2.11 bits per heavy atom. The third-order valence-electron chi connectivity index (χ3n) is 4.14. The highest BCUT2D eigenvalue weighted by molar-refractivity contribution is 14.0. The second-order valence-electron chi connectivity index (χ2n) is 5.90. The molecule has 8 nitrogen and oxygen atoms in total. The molecule has 0 aliphatic heterocycles. The molecule has 0 radical (unpaired) electrons. The first-order valence-electron chi connectivity index (χ1n) is 8.79. The average Bonchev–Trinajstić information content (AvgIpc) is 3.36. The minimum atomic E-state index is -0.296. The molecule has 0 spiro atoms. The molecule has 2 aromatic heterocycles. The van der Waals surface area contributed by atoms with Gasteiger partial charge >= 0.3 is 0 Å². The van der Waals surface area contributed by atoms with Crippen molar-refractivity contribution in [2.24, 2.45) is 4.99 Å². The molecule has 0 atom stereocenters. The number of hydrogen-bond acceptors (Lipinski definition) is 4. The Kier molecular flexibility index (Phi) is 8.36. The van der Waals surface area contributed by atoms with E-state index >= 15 is 0 Å². The maximum atomic E-state index is 14.3. The molecule has 28 heavy (non-hydrogen) atoms. The van der Waals surface area contributed by atoms with Gasteiger partial charge in [0.25, 0.3) is 0 Å². The van der Waals surface area contributed by atoms with Gasteiger partial charge in [0.1, 0.15) is 18.0 Å². The summed E-state index contributed by atoms with van der Waals surface area (Å²) in [5, 5.41) is 14.4. The predicted octanol–water partition coefficient (Wildman–Crippen LogP) is 2.15. The van der Waals surface area contributed by atoms with Gasteiger partial charge in [-0.2, -0.15) is 0 Å². The van der Waals surface area contributed by atoms with Crippen molar-refractivity contribution >= 4 is 29.9 Å². The number of aryl methyl sites for hydroxylation is 1. The van der Waals surface area contributed by atoms with Crippen LogP contribution in [0.3, 0.4) is 0 Å². The molecule has 0 unspecified atom stereocenters. The quantitative estimate of drug-likeness (QED) is 0.296. The van der Waals surface area contributed by atoms with Gasteiger partial charge in [0, 0.05) is 45.5 Å². The van der Waals surface area contributed by atoms with Crippen LogP contribution in [0.25, 0.3) is 5.69 Å². The highest BCUT2D eigenvalue weighted by Crippen LogP contribution is 2.14. The van der Waals surface area contributed by atoms with Gasteiger partial charge in [-0.25, -0.2) is 9.37 Å². The summed E-state index contributed by atoms with van der Waals surface area (Å²) in [5.41, 5.74) is 1.30. The number of hydrogen-bond donors (Lipinski definition) is 2. The van der Waals surface area contributed by atoms with E-state index in [1.54, 1.807) is 42.7 Å². The molecule has 2 N–H and O–H groups in total. The van der Waals surface area contributed by atoms with E-state index in [1.807, 2.05) is 17.6 Å². The summed E-state index contributed by atoms with van der Waals surface area (Å²) >= 11 is 0. The van der Waals surface area contributed by atoms with Gasteiger partial charge < -0.3 is 19.8 Å². The summed E-state index contributed by atoms with van der Waals surface area (Å²) in [5.74, 6) is 1.31. The van der Waals surface area contributed by atoms with Gasteiger partial charge in [0.05, 0.1) is 12.0 Å². The van der Waals surface area contributed by atoms with Gasteiger partial charge in [-0.05, 0) is 17.7 Å². The van der Waals surface area contributed by atoms with E-state index in [-0.39, 0.29) is 29.8 Å². The van der Waals surface area contributed by atoms with E-state index in [1.165, 1.54) is 6.07 Å². The highest BCUT2D eigenvalue weighted by atomic mass is 127. The third-order valence-corrected chi connectivity index (χ3v) is 4.14. The van der Waals surface area contributed by atoms with Gasteiger partial charge in [0.15, 0.2) is 5.96 Å². The molecular formula is C18H24FIN8. The van der Waals surface area contributed by atoms with E-state index in [4.69, 9.17) is 0 Å². The monoisotopic (exact) mass is 498 g/mol. The molecule has 0 aliphatic carbocycles. The topological polar surface area (TPSA) is 85.0 Å². The Bertz CT molecular complexity index is 891. The Balaban J connectivity index is 0.00000280. The normalized spacial score (nSPS) is 11.2. The van der Waals surface area contributed by atoms with E-state index in [0.29, 0.717) is 24.7 Å². The number of nitrogens with zero attached hydrogens (tertiary/aromatic N) is 6. The summed E-state index contributed by atoms with van der Waals surface area (Å²) in [6, 6.07) is 5.13. The molecule has 0 amide bonds. The zero-order valence-electron chi connectivity index (χ0n) is 15.8. The fourth-order valence-corrected chi connectivity index (χ4v) is 2.71. The van der Waals surface area contributed by atoms with Gasteiger partial charge in [-0.1, -0.05) is 13.0 Å². The number of aliphatic imine (C=N–C) groups is 1. The maximum Gasteiger partial charge on any atom is 0.191 e. The van der Waals surface area contributed by atoms with Crippen LogP contribution in [-0.4, -0.2) is 43.9 Å². The second-order valence-corrected chi connectivity index (χ2v) is 5.90. The zero-order valence-corrected chi connectivity index (χ0v) is 18.2. The molecule has 0 bridgehead atoms. The lowest BCUT2D eigenvalue weighted by Gasteiger charge is -2.13. The van der Waals surface area contributed by atoms with Crippen molar-refractivity contribution in [3.63, 3.8) is 0 Å². The Morgan fingerprint density at radius 1 is 1.25 bits per heavy atom. The van der Waals surface area contributed by atoms with Crippen molar-refractivity contribution in [3.05, 3.63) is 60.5 Å². The van der Waals surface area contributed by atoms with Crippen molar-refractivity contribution in [2.45, 2.75) is 26.4 Å². The smallest absolute Gasteiger partial charge is 0.191 e. The third kappa shape index (κ3) is 5.50. The molecular weight excluding hydrogens is 474 g/mol.